The van der Waals surface area contributed by atoms with Gasteiger partial charge >= 0.3 is 5.97 Å². The van der Waals surface area contributed by atoms with E-state index in [0.717, 1.165) is 48.1 Å². The Balaban J connectivity index is 1.64. The number of esters is 1. The highest BCUT2D eigenvalue weighted by Crippen LogP contribution is 2.30. The highest BCUT2D eigenvalue weighted by atomic mass is 35.5. The Morgan fingerprint density at radius 2 is 1.97 bits per heavy atom. The molecule has 178 valence electrons. The summed E-state index contributed by atoms with van der Waals surface area (Å²) in [7, 11) is 0. The first-order chi connectivity index (χ1) is 16.4. The molecular weight excluding hydrogens is 473 g/mol. The molecule has 2 aromatic carbocycles. The van der Waals surface area contributed by atoms with Crippen LogP contribution in [-0.4, -0.2) is 41.0 Å². The summed E-state index contributed by atoms with van der Waals surface area (Å²) in [6.45, 7) is 6.41. The van der Waals surface area contributed by atoms with Crippen LogP contribution in [0, 0.1) is 0 Å². The zero-order valence-corrected chi connectivity index (χ0v) is 20.7. The molecule has 3 aromatic rings. The number of hydrogen-bond donors (Lipinski definition) is 1. The number of amides is 1. The molecule has 0 saturated carbocycles. The fourth-order valence-electron chi connectivity index (χ4n) is 4.30. The number of ether oxygens (including phenoxy) is 1. The van der Waals surface area contributed by atoms with Gasteiger partial charge in [0.2, 0.25) is 0 Å². The molecule has 0 bridgehead atoms. The smallest absolute Gasteiger partial charge is 0.340 e. The van der Waals surface area contributed by atoms with E-state index in [0.29, 0.717) is 34.3 Å². The van der Waals surface area contributed by atoms with Gasteiger partial charge in [-0.05, 0) is 43.7 Å². The van der Waals surface area contributed by atoms with Gasteiger partial charge in [0.1, 0.15) is 0 Å². The molecule has 1 N–H and O–H groups in total. The second kappa shape index (κ2) is 10.7. The number of rotatable bonds is 7. The summed E-state index contributed by atoms with van der Waals surface area (Å²) < 4.78 is 5.79. The van der Waals surface area contributed by atoms with Gasteiger partial charge < -0.3 is 10.1 Å². The van der Waals surface area contributed by atoms with Crippen LogP contribution >= 0.6 is 23.2 Å². The van der Waals surface area contributed by atoms with Crippen LogP contribution in [0.4, 0.5) is 5.69 Å². The van der Waals surface area contributed by atoms with Gasteiger partial charge in [-0.1, -0.05) is 55.2 Å². The number of halogens is 2. The minimum Gasteiger partial charge on any atom is -0.449 e. The number of carbonyl (C=O) groups excluding carboxylic acids is 2. The predicted molar refractivity (Wildman–Crippen MR) is 136 cm³/mol. The van der Waals surface area contributed by atoms with Crippen molar-refractivity contribution in [1.29, 1.82) is 0 Å². The van der Waals surface area contributed by atoms with Crippen LogP contribution in [0.2, 0.25) is 10.0 Å². The Morgan fingerprint density at radius 1 is 1.18 bits per heavy atom. The molecule has 2 heterocycles. The lowest BCUT2D eigenvalue weighted by Gasteiger charge is -2.30. The Morgan fingerprint density at radius 3 is 2.74 bits per heavy atom. The quantitative estimate of drug-likeness (QED) is 0.410. The van der Waals surface area contributed by atoms with Crippen molar-refractivity contribution >= 4 is 51.7 Å². The first-order valence-electron chi connectivity index (χ1n) is 11.5. The van der Waals surface area contributed by atoms with E-state index in [9.17, 15) is 9.59 Å². The molecule has 0 spiro atoms. The Kier molecular flexibility index (Phi) is 7.71. The zero-order valence-electron chi connectivity index (χ0n) is 19.2. The van der Waals surface area contributed by atoms with Crippen molar-refractivity contribution in [3.63, 3.8) is 0 Å². The van der Waals surface area contributed by atoms with E-state index >= 15 is 0 Å². The number of nitrogens with zero attached hydrogens (tertiary/aromatic N) is 2. The van der Waals surface area contributed by atoms with Crippen LogP contribution < -0.4 is 5.32 Å². The largest absolute Gasteiger partial charge is 0.449 e. The molecule has 1 aromatic heterocycles. The molecular formula is C26H27Cl2N3O3. The first-order valence-corrected chi connectivity index (χ1v) is 12.3. The lowest BCUT2D eigenvalue weighted by Crippen LogP contribution is -2.35. The lowest BCUT2D eigenvalue weighted by molar-refractivity contribution is -0.124. The molecule has 34 heavy (non-hydrogen) atoms. The highest BCUT2D eigenvalue weighted by molar-refractivity contribution is 6.35. The number of hydrogen-bond acceptors (Lipinski definition) is 5. The molecule has 0 radical (unpaired) electrons. The maximum absolute atomic E-state index is 13.5. The summed E-state index contributed by atoms with van der Waals surface area (Å²) in [6.07, 6.45) is 1.12. The van der Waals surface area contributed by atoms with E-state index in [-0.39, 0.29) is 0 Å². The second-order valence-corrected chi connectivity index (χ2v) is 9.21. The number of para-hydroxylation sites is 1. The van der Waals surface area contributed by atoms with E-state index in [4.69, 9.17) is 32.9 Å². The van der Waals surface area contributed by atoms with E-state index in [1.807, 2.05) is 24.3 Å². The fourth-order valence-corrected chi connectivity index (χ4v) is 4.64. The fraction of sp³-hybridized carbons (Fsp3) is 0.346. The molecule has 0 saturated heterocycles. The van der Waals surface area contributed by atoms with Gasteiger partial charge in [-0.25, -0.2) is 4.79 Å². The number of carbonyl (C=O) groups is 2. The second-order valence-electron chi connectivity index (χ2n) is 8.37. The van der Waals surface area contributed by atoms with Gasteiger partial charge in [-0.2, -0.15) is 0 Å². The van der Waals surface area contributed by atoms with Crippen LogP contribution in [0.5, 0.6) is 0 Å². The molecule has 4 rings (SSSR count). The number of aromatic nitrogens is 1. The molecule has 1 aliphatic heterocycles. The Bertz CT molecular complexity index is 1230. The number of pyridine rings is 1. The average molecular weight is 500 g/mol. The summed E-state index contributed by atoms with van der Waals surface area (Å²) in [5.74, 6) is -0.979. The van der Waals surface area contributed by atoms with Crippen molar-refractivity contribution in [1.82, 2.24) is 9.88 Å². The monoisotopic (exact) mass is 499 g/mol. The summed E-state index contributed by atoms with van der Waals surface area (Å²) in [6, 6.07) is 12.4. The minimum absolute atomic E-state index is 0.308. The summed E-state index contributed by atoms with van der Waals surface area (Å²) in [5.41, 5.74) is 3.42. The van der Waals surface area contributed by atoms with Crippen molar-refractivity contribution in [2.45, 2.75) is 45.8 Å². The van der Waals surface area contributed by atoms with Gasteiger partial charge in [0, 0.05) is 41.2 Å². The third kappa shape index (κ3) is 5.19. The van der Waals surface area contributed by atoms with Gasteiger partial charge in [0.25, 0.3) is 5.91 Å². The number of anilines is 1. The van der Waals surface area contributed by atoms with E-state index in [1.165, 1.54) is 0 Å². The molecule has 1 aliphatic rings. The average Bonchev–Trinajstić information content (AvgIpc) is 2.83. The van der Waals surface area contributed by atoms with Crippen molar-refractivity contribution in [3.05, 3.63) is 69.3 Å². The number of fused-ring (bicyclic) bond motifs is 2. The van der Waals surface area contributed by atoms with Crippen molar-refractivity contribution in [2.75, 3.05) is 18.4 Å². The predicted octanol–water partition coefficient (Wildman–Crippen LogP) is 5.88. The molecule has 6 nitrogen and oxygen atoms in total. The Labute approximate surface area is 209 Å². The van der Waals surface area contributed by atoms with Crippen LogP contribution in [0.1, 0.15) is 48.3 Å². The lowest BCUT2D eigenvalue weighted by atomic mass is 9.95. The molecule has 1 atom stereocenters. The summed E-state index contributed by atoms with van der Waals surface area (Å²) in [4.78, 5) is 33.6. The third-order valence-corrected chi connectivity index (χ3v) is 6.53. The van der Waals surface area contributed by atoms with Crippen LogP contribution in [0.3, 0.4) is 0 Å². The van der Waals surface area contributed by atoms with Crippen molar-refractivity contribution < 1.29 is 14.3 Å². The molecule has 0 aliphatic carbocycles. The van der Waals surface area contributed by atoms with Gasteiger partial charge in [0.15, 0.2) is 6.10 Å². The van der Waals surface area contributed by atoms with Crippen molar-refractivity contribution in [3.8, 4) is 0 Å². The van der Waals surface area contributed by atoms with Gasteiger partial charge in [-0.3, -0.25) is 14.7 Å². The maximum Gasteiger partial charge on any atom is 0.340 e. The number of nitrogens with one attached hydrogen (secondary N) is 1. The standard InChI is InChI=1S/C26H27Cl2N3O3/c1-3-12-31-13-11-21-18(15-31)24(17-7-5-6-8-20(17)29-21)26(33)34-23(4-2)25(32)30-22-14-16(27)9-10-19(22)28/h5-10,14,23H,3-4,11-13,15H2,1-2H3,(H,30,32). The minimum atomic E-state index is -0.986. The summed E-state index contributed by atoms with van der Waals surface area (Å²) >= 11 is 12.2. The SMILES string of the molecule is CCCN1CCc2nc3ccccc3c(C(=O)OC(CC)C(=O)Nc3cc(Cl)ccc3Cl)c2C1. The first kappa shape index (κ1) is 24.5. The highest BCUT2D eigenvalue weighted by Gasteiger charge is 2.29. The van der Waals surface area contributed by atoms with Gasteiger partial charge in [-0.15, -0.1) is 0 Å². The summed E-state index contributed by atoms with van der Waals surface area (Å²) in [5, 5.41) is 4.26. The molecule has 1 amide bonds. The Hall–Kier alpha value is -2.67. The molecule has 8 heteroatoms. The molecule has 1 unspecified atom stereocenters. The number of benzene rings is 2. The van der Waals surface area contributed by atoms with E-state index in [1.54, 1.807) is 25.1 Å². The third-order valence-electron chi connectivity index (χ3n) is 5.97. The van der Waals surface area contributed by atoms with Crippen LogP contribution in [-0.2, 0) is 22.5 Å². The van der Waals surface area contributed by atoms with Crippen LogP contribution in [0.25, 0.3) is 10.9 Å². The molecule has 0 fully saturated rings. The van der Waals surface area contributed by atoms with E-state index in [2.05, 4.69) is 17.1 Å². The maximum atomic E-state index is 13.5. The topological polar surface area (TPSA) is 71.5 Å². The van der Waals surface area contributed by atoms with Gasteiger partial charge in [0.05, 0.1) is 21.8 Å². The normalized spacial score (nSPS) is 14.5. The van der Waals surface area contributed by atoms with Crippen molar-refractivity contribution in [2.24, 2.45) is 0 Å². The van der Waals surface area contributed by atoms with E-state index < -0.39 is 18.0 Å². The van der Waals surface area contributed by atoms with Crippen LogP contribution in [0.15, 0.2) is 42.5 Å². The zero-order chi connectivity index (χ0) is 24.2.